The second-order valence-electron chi connectivity index (χ2n) is 5.48. The summed E-state index contributed by atoms with van der Waals surface area (Å²) >= 11 is 1.56. The molecule has 6 heteroatoms. The quantitative estimate of drug-likeness (QED) is 0.385. The SMILES string of the molecule is CCCOC(=O)C(SCCCCCCC(F)(F)F)C(C)C. The van der Waals surface area contributed by atoms with Gasteiger partial charge in [0.1, 0.15) is 5.25 Å². The fraction of sp³-hybridized carbons (Fsp3) is 0.933. The zero-order valence-electron chi connectivity index (χ0n) is 13.2. The molecular formula is C15H27F3O2S. The standard InChI is InChI=1S/C15H27F3O2S/c1-4-10-20-14(19)13(12(2)3)21-11-8-6-5-7-9-15(16,17)18/h12-13H,4-11H2,1-3H3. The maximum Gasteiger partial charge on any atom is 0.389 e. The van der Waals surface area contributed by atoms with Crippen molar-refractivity contribution in [3.8, 4) is 0 Å². The van der Waals surface area contributed by atoms with Crippen molar-refractivity contribution >= 4 is 17.7 Å². The highest BCUT2D eigenvalue weighted by molar-refractivity contribution is 8.00. The van der Waals surface area contributed by atoms with Crippen LogP contribution in [-0.2, 0) is 9.53 Å². The van der Waals surface area contributed by atoms with Crippen LogP contribution < -0.4 is 0 Å². The first-order valence-electron chi connectivity index (χ1n) is 7.63. The summed E-state index contributed by atoms with van der Waals surface area (Å²) in [5.41, 5.74) is 0. The monoisotopic (exact) mass is 328 g/mol. The van der Waals surface area contributed by atoms with Crippen LogP contribution in [0, 0.1) is 5.92 Å². The molecule has 1 atom stereocenters. The van der Waals surface area contributed by atoms with Gasteiger partial charge in [-0.05, 0) is 30.9 Å². The molecule has 2 nitrogen and oxygen atoms in total. The van der Waals surface area contributed by atoms with Crippen molar-refractivity contribution in [2.45, 2.75) is 70.7 Å². The molecular weight excluding hydrogens is 301 g/mol. The van der Waals surface area contributed by atoms with Gasteiger partial charge in [-0.3, -0.25) is 4.79 Å². The molecule has 1 unspecified atom stereocenters. The minimum Gasteiger partial charge on any atom is -0.465 e. The van der Waals surface area contributed by atoms with E-state index in [1.165, 1.54) is 0 Å². The fourth-order valence-corrected chi connectivity index (χ4v) is 3.02. The number of thioether (sulfide) groups is 1. The second kappa shape index (κ2) is 11.2. The first-order chi connectivity index (χ1) is 9.78. The third kappa shape index (κ3) is 11.9. The lowest BCUT2D eigenvalue weighted by atomic mass is 10.1. The van der Waals surface area contributed by atoms with Gasteiger partial charge < -0.3 is 4.74 Å². The molecule has 0 fully saturated rings. The van der Waals surface area contributed by atoms with E-state index in [1.807, 2.05) is 20.8 Å². The summed E-state index contributed by atoms with van der Waals surface area (Å²) in [6.07, 6.45) is -1.53. The predicted octanol–water partition coefficient (Wildman–Crippen LogP) is 5.21. The molecule has 0 radical (unpaired) electrons. The molecule has 0 N–H and O–H groups in total. The lowest BCUT2D eigenvalue weighted by molar-refractivity contribution is -0.143. The van der Waals surface area contributed by atoms with Crippen LogP contribution in [0.1, 0.15) is 59.3 Å². The summed E-state index contributed by atoms with van der Waals surface area (Å²) in [6.45, 7) is 6.36. The van der Waals surface area contributed by atoms with Crippen LogP contribution in [0.3, 0.4) is 0 Å². The van der Waals surface area contributed by atoms with Gasteiger partial charge in [-0.15, -0.1) is 11.8 Å². The highest BCUT2D eigenvalue weighted by Gasteiger charge is 2.26. The Morgan fingerprint density at radius 2 is 1.76 bits per heavy atom. The average molecular weight is 328 g/mol. The average Bonchev–Trinajstić information content (AvgIpc) is 2.37. The zero-order chi connectivity index (χ0) is 16.3. The Morgan fingerprint density at radius 3 is 2.29 bits per heavy atom. The van der Waals surface area contributed by atoms with Crippen LogP contribution in [0.25, 0.3) is 0 Å². The number of hydrogen-bond acceptors (Lipinski definition) is 3. The van der Waals surface area contributed by atoms with Crippen molar-refractivity contribution in [2.24, 2.45) is 5.92 Å². The number of hydrogen-bond donors (Lipinski definition) is 0. The third-order valence-corrected chi connectivity index (χ3v) is 4.56. The Bertz CT molecular complexity index is 281. The molecule has 0 aliphatic carbocycles. The number of ether oxygens (including phenoxy) is 1. The van der Waals surface area contributed by atoms with E-state index in [1.54, 1.807) is 11.8 Å². The largest absolute Gasteiger partial charge is 0.465 e. The summed E-state index contributed by atoms with van der Waals surface area (Å²) in [4.78, 5) is 11.9. The number of halogens is 3. The van der Waals surface area contributed by atoms with E-state index in [-0.39, 0.29) is 23.6 Å². The molecule has 0 amide bonds. The maximum absolute atomic E-state index is 12.0. The Balaban J connectivity index is 3.77. The highest BCUT2D eigenvalue weighted by Crippen LogP contribution is 2.25. The number of esters is 1. The Hall–Kier alpha value is -0.390. The van der Waals surface area contributed by atoms with Crippen molar-refractivity contribution in [2.75, 3.05) is 12.4 Å². The van der Waals surface area contributed by atoms with E-state index in [9.17, 15) is 18.0 Å². The van der Waals surface area contributed by atoms with Crippen molar-refractivity contribution in [1.82, 2.24) is 0 Å². The van der Waals surface area contributed by atoms with E-state index in [2.05, 4.69) is 0 Å². The minimum atomic E-state index is -4.04. The van der Waals surface area contributed by atoms with Crippen LogP contribution >= 0.6 is 11.8 Å². The van der Waals surface area contributed by atoms with Crippen molar-refractivity contribution in [3.63, 3.8) is 0 Å². The Morgan fingerprint density at radius 1 is 1.14 bits per heavy atom. The lowest BCUT2D eigenvalue weighted by Gasteiger charge is -2.18. The van der Waals surface area contributed by atoms with Gasteiger partial charge in [0, 0.05) is 6.42 Å². The molecule has 0 heterocycles. The van der Waals surface area contributed by atoms with Crippen LogP contribution in [0.2, 0.25) is 0 Å². The summed E-state index contributed by atoms with van der Waals surface area (Å²) in [7, 11) is 0. The molecule has 0 rings (SSSR count). The van der Waals surface area contributed by atoms with Crippen molar-refractivity contribution in [1.29, 1.82) is 0 Å². The van der Waals surface area contributed by atoms with Crippen LogP contribution in [-0.4, -0.2) is 29.8 Å². The van der Waals surface area contributed by atoms with Crippen molar-refractivity contribution < 1.29 is 22.7 Å². The van der Waals surface area contributed by atoms with Gasteiger partial charge in [0.25, 0.3) is 0 Å². The van der Waals surface area contributed by atoms with E-state index in [0.29, 0.717) is 13.0 Å². The first kappa shape index (κ1) is 20.6. The Kier molecular flexibility index (Phi) is 11.0. The summed E-state index contributed by atoms with van der Waals surface area (Å²) in [5.74, 6) is 0.814. The number of carbonyl (C=O) groups excluding carboxylic acids is 1. The number of alkyl halides is 3. The van der Waals surface area contributed by atoms with E-state index in [0.717, 1.165) is 25.0 Å². The van der Waals surface area contributed by atoms with Crippen LogP contribution in [0.5, 0.6) is 0 Å². The molecule has 0 aromatic carbocycles. The molecule has 0 saturated heterocycles. The zero-order valence-corrected chi connectivity index (χ0v) is 14.0. The molecule has 126 valence electrons. The topological polar surface area (TPSA) is 26.3 Å². The number of carbonyl (C=O) groups is 1. The van der Waals surface area contributed by atoms with Gasteiger partial charge in [0.05, 0.1) is 6.61 Å². The minimum absolute atomic E-state index is 0.172. The molecule has 0 aromatic heterocycles. The maximum atomic E-state index is 12.0. The number of unbranched alkanes of at least 4 members (excludes halogenated alkanes) is 3. The molecule has 0 aromatic rings. The predicted molar refractivity (Wildman–Crippen MR) is 81.5 cm³/mol. The number of rotatable bonds is 11. The van der Waals surface area contributed by atoms with Gasteiger partial charge in [-0.1, -0.05) is 33.6 Å². The van der Waals surface area contributed by atoms with Crippen LogP contribution in [0.4, 0.5) is 13.2 Å². The molecule has 0 spiro atoms. The molecule has 0 bridgehead atoms. The van der Waals surface area contributed by atoms with Crippen LogP contribution in [0.15, 0.2) is 0 Å². The van der Waals surface area contributed by atoms with Gasteiger partial charge in [0.15, 0.2) is 0 Å². The molecule has 0 aliphatic heterocycles. The highest BCUT2D eigenvalue weighted by atomic mass is 32.2. The van der Waals surface area contributed by atoms with Gasteiger partial charge >= 0.3 is 12.1 Å². The Labute approximate surface area is 130 Å². The third-order valence-electron chi connectivity index (χ3n) is 2.94. The van der Waals surface area contributed by atoms with Gasteiger partial charge in [-0.25, -0.2) is 0 Å². The van der Waals surface area contributed by atoms with Crippen molar-refractivity contribution in [3.05, 3.63) is 0 Å². The smallest absolute Gasteiger partial charge is 0.389 e. The summed E-state index contributed by atoms with van der Waals surface area (Å²) < 4.78 is 41.0. The molecule has 0 saturated carbocycles. The lowest BCUT2D eigenvalue weighted by Crippen LogP contribution is -2.26. The molecule has 0 aliphatic rings. The van der Waals surface area contributed by atoms with Gasteiger partial charge in [0.2, 0.25) is 0 Å². The summed E-state index contributed by atoms with van der Waals surface area (Å²) in [5, 5.41) is -0.174. The van der Waals surface area contributed by atoms with E-state index in [4.69, 9.17) is 4.74 Å². The fourth-order valence-electron chi connectivity index (χ4n) is 1.81. The van der Waals surface area contributed by atoms with E-state index >= 15 is 0 Å². The van der Waals surface area contributed by atoms with Gasteiger partial charge in [-0.2, -0.15) is 13.2 Å². The first-order valence-corrected chi connectivity index (χ1v) is 8.67. The van der Waals surface area contributed by atoms with E-state index < -0.39 is 12.6 Å². The molecule has 21 heavy (non-hydrogen) atoms. The second-order valence-corrected chi connectivity index (χ2v) is 6.73. The normalized spacial score (nSPS) is 13.5. The summed E-state index contributed by atoms with van der Waals surface area (Å²) in [6, 6.07) is 0.